The van der Waals surface area contributed by atoms with Gasteiger partial charge in [-0.25, -0.2) is 0 Å². The number of piperazine rings is 1. The van der Waals surface area contributed by atoms with Gasteiger partial charge in [0.1, 0.15) is 5.75 Å². The fourth-order valence-electron chi connectivity index (χ4n) is 5.68. The van der Waals surface area contributed by atoms with Crippen LogP contribution in [0, 0.1) is 0 Å². The summed E-state index contributed by atoms with van der Waals surface area (Å²) in [7, 11) is 4.01. The number of fused-ring (bicyclic) bond motifs is 3. The molecule has 0 atom stereocenters. The first-order chi connectivity index (χ1) is 16.7. The van der Waals surface area contributed by atoms with Gasteiger partial charge in [0.05, 0.1) is 30.2 Å². The molecule has 0 spiro atoms. The zero-order chi connectivity index (χ0) is 23.1. The Kier molecular flexibility index (Phi) is 5.59. The number of H-pyrrole nitrogens is 1. The number of piperidine rings is 1. The van der Waals surface area contributed by atoms with Crippen molar-refractivity contribution in [1.82, 2.24) is 24.8 Å². The molecule has 3 aromatic heterocycles. The van der Waals surface area contributed by atoms with Gasteiger partial charge < -0.3 is 19.5 Å². The molecule has 5 heterocycles. The van der Waals surface area contributed by atoms with Crippen LogP contribution >= 0.6 is 0 Å². The number of likely N-dealkylation sites (tertiary alicyclic amines) is 1. The van der Waals surface area contributed by atoms with Crippen molar-refractivity contribution in [1.29, 1.82) is 0 Å². The smallest absolute Gasteiger partial charge is 0.142 e. The maximum atomic E-state index is 5.89. The van der Waals surface area contributed by atoms with Crippen molar-refractivity contribution in [2.24, 2.45) is 0 Å². The molecule has 1 aromatic carbocycles. The third-order valence-electron chi connectivity index (χ3n) is 7.60. The molecule has 2 aliphatic heterocycles. The largest absolute Gasteiger partial charge is 0.495 e. The van der Waals surface area contributed by atoms with Crippen LogP contribution in [-0.4, -0.2) is 84.2 Å². The zero-order valence-corrected chi connectivity index (χ0v) is 20.0. The van der Waals surface area contributed by atoms with Crippen LogP contribution in [0.4, 0.5) is 5.69 Å². The van der Waals surface area contributed by atoms with E-state index in [0.717, 1.165) is 60.3 Å². The van der Waals surface area contributed by atoms with Gasteiger partial charge in [-0.2, -0.15) is 0 Å². The Morgan fingerprint density at radius 1 is 0.971 bits per heavy atom. The quantitative estimate of drug-likeness (QED) is 0.501. The van der Waals surface area contributed by atoms with Crippen molar-refractivity contribution in [3.63, 3.8) is 0 Å². The predicted molar refractivity (Wildman–Crippen MR) is 138 cm³/mol. The second kappa shape index (κ2) is 8.89. The summed E-state index contributed by atoms with van der Waals surface area (Å²) in [4.78, 5) is 20.2. The molecular formula is C27H32N6O. The molecule has 0 bridgehead atoms. The molecule has 6 rings (SSSR count). The minimum atomic E-state index is 0.720. The molecule has 2 aliphatic rings. The number of hydrogen-bond donors (Lipinski definition) is 1. The minimum Gasteiger partial charge on any atom is -0.495 e. The van der Waals surface area contributed by atoms with E-state index in [2.05, 4.69) is 56.0 Å². The molecule has 0 amide bonds. The van der Waals surface area contributed by atoms with Crippen molar-refractivity contribution >= 4 is 27.5 Å². The molecule has 0 unspecified atom stereocenters. The first-order valence-electron chi connectivity index (χ1n) is 12.3. The lowest BCUT2D eigenvalue weighted by Crippen LogP contribution is -2.53. The number of nitrogens with zero attached hydrogens (tertiary/aromatic N) is 5. The number of aromatic nitrogens is 3. The summed E-state index contributed by atoms with van der Waals surface area (Å²) in [6.45, 7) is 6.63. The predicted octanol–water partition coefficient (Wildman–Crippen LogP) is 4.00. The summed E-state index contributed by atoms with van der Waals surface area (Å²) in [6, 6.07) is 11.1. The molecule has 2 fully saturated rings. The van der Waals surface area contributed by atoms with Crippen molar-refractivity contribution < 1.29 is 4.74 Å². The van der Waals surface area contributed by atoms with E-state index >= 15 is 0 Å². The third-order valence-corrected chi connectivity index (χ3v) is 7.60. The molecule has 0 radical (unpaired) electrons. The van der Waals surface area contributed by atoms with Gasteiger partial charge in [-0.15, -0.1) is 0 Å². The SMILES string of the molecule is COc1ccc2[nH]c3cnc(-c4cccnc4)cc3c2c1N1CCN(C2CCN(C)CC2)CC1. The van der Waals surface area contributed by atoms with Crippen LogP contribution in [0.3, 0.4) is 0 Å². The van der Waals surface area contributed by atoms with Crippen LogP contribution in [-0.2, 0) is 0 Å². The fourth-order valence-corrected chi connectivity index (χ4v) is 5.68. The van der Waals surface area contributed by atoms with Gasteiger partial charge in [-0.1, -0.05) is 0 Å². The van der Waals surface area contributed by atoms with E-state index in [0.29, 0.717) is 0 Å². The zero-order valence-electron chi connectivity index (χ0n) is 20.0. The van der Waals surface area contributed by atoms with Crippen molar-refractivity contribution in [2.45, 2.75) is 18.9 Å². The molecule has 34 heavy (non-hydrogen) atoms. The minimum absolute atomic E-state index is 0.720. The van der Waals surface area contributed by atoms with Gasteiger partial charge in [0, 0.05) is 66.5 Å². The van der Waals surface area contributed by atoms with E-state index < -0.39 is 0 Å². The van der Waals surface area contributed by atoms with Crippen molar-refractivity contribution in [2.75, 3.05) is 58.3 Å². The van der Waals surface area contributed by atoms with Gasteiger partial charge in [0.2, 0.25) is 0 Å². The normalized spacial score (nSPS) is 18.7. The summed E-state index contributed by atoms with van der Waals surface area (Å²) < 4.78 is 5.89. The standard InChI is InChI=1S/C27H32N6O/c1-31-10-7-20(8-11-31)32-12-14-33(15-13-32)27-25(34-2)6-5-22-26(27)21-16-23(29-18-24(21)30-22)19-4-3-9-28-17-19/h3-6,9,16-18,20,30H,7-8,10-15H2,1-2H3. The first kappa shape index (κ1) is 21.4. The van der Waals surface area contributed by atoms with E-state index in [-0.39, 0.29) is 0 Å². The van der Waals surface area contributed by atoms with Crippen molar-refractivity contribution in [3.8, 4) is 17.0 Å². The van der Waals surface area contributed by atoms with Crippen LogP contribution < -0.4 is 9.64 Å². The summed E-state index contributed by atoms with van der Waals surface area (Å²) in [6.07, 6.45) is 8.16. The van der Waals surface area contributed by atoms with Crippen LogP contribution in [0.5, 0.6) is 5.75 Å². The summed E-state index contributed by atoms with van der Waals surface area (Å²) >= 11 is 0. The molecule has 0 aliphatic carbocycles. The lowest BCUT2D eigenvalue weighted by Gasteiger charge is -2.43. The average Bonchev–Trinajstić information content (AvgIpc) is 3.27. The molecule has 2 saturated heterocycles. The molecule has 7 nitrogen and oxygen atoms in total. The highest BCUT2D eigenvalue weighted by atomic mass is 16.5. The Hall–Kier alpha value is -3.16. The van der Waals surface area contributed by atoms with Crippen LogP contribution in [0.2, 0.25) is 0 Å². The second-order valence-electron chi connectivity index (χ2n) is 9.58. The van der Waals surface area contributed by atoms with E-state index in [1.807, 2.05) is 18.5 Å². The Bertz CT molecular complexity index is 1290. The average molecular weight is 457 g/mol. The number of ether oxygens (including phenoxy) is 1. The molecule has 4 aromatic rings. The number of aromatic amines is 1. The molecule has 176 valence electrons. The highest BCUT2D eigenvalue weighted by Crippen LogP contribution is 2.41. The van der Waals surface area contributed by atoms with Crippen LogP contribution in [0.25, 0.3) is 33.1 Å². The Labute approximate surface area is 200 Å². The van der Waals surface area contributed by atoms with E-state index in [1.165, 1.54) is 42.4 Å². The Morgan fingerprint density at radius 3 is 2.53 bits per heavy atom. The van der Waals surface area contributed by atoms with E-state index in [4.69, 9.17) is 9.72 Å². The number of rotatable bonds is 4. The van der Waals surface area contributed by atoms with Crippen molar-refractivity contribution in [3.05, 3.63) is 48.9 Å². The summed E-state index contributed by atoms with van der Waals surface area (Å²) in [5.74, 6) is 0.931. The summed E-state index contributed by atoms with van der Waals surface area (Å²) in [5.41, 5.74) is 5.31. The Morgan fingerprint density at radius 2 is 1.79 bits per heavy atom. The lowest BCUT2D eigenvalue weighted by atomic mass is 10.0. The van der Waals surface area contributed by atoms with E-state index in [9.17, 15) is 0 Å². The lowest BCUT2D eigenvalue weighted by molar-refractivity contribution is 0.115. The number of nitrogens with one attached hydrogen (secondary N) is 1. The van der Waals surface area contributed by atoms with Gasteiger partial charge in [0.15, 0.2) is 0 Å². The van der Waals surface area contributed by atoms with Gasteiger partial charge in [0.25, 0.3) is 0 Å². The maximum Gasteiger partial charge on any atom is 0.142 e. The molecule has 7 heteroatoms. The van der Waals surface area contributed by atoms with Gasteiger partial charge in [-0.3, -0.25) is 14.9 Å². The van der Waals surface area contributed by atoms with Crippen LogP contribution in [0.1, 0.15) is 12.8 Å². The number of pyridine rings is 2. The van der Waals surface area contributed by atoms with E-state index in [1.54, 1.807) is 13.3 Å². The number of anilines is 1. The fraction of sp³-hybridized carbons (Fsp3) is 0.407. The second-order valence-corrected chi connectivity index (χ2v) is 9.58. The highest BCUT2D eigenvalue weighted by molar-refractivity contribution is 6.15. The first-order valence-corrected chi connectivity index (χ1v) is 12.3. The number of benzene rings is 1. The maximum absolute atomic E-state index is 5.89. The molecule has 0 saturated carbocycles. The topological polar surface area (TPSA) is 60.5 Å². The van der Waals surface area contributed by atoms with Crippen LogP contribution in [0.15, 0.2) is 48.9 Å². The number of methoxy groups -OCH3 is 1. The third kappa shape index (κ3) is 3.79. The van der Waals surface area contributed by atoms with Gasteiger partial charge in [-0.05, 0) is 63.3 Å². The molecular weight excluding hydrogens is 424 g/mol. The Balaban J connectivity index is 1.36. The number of hydrogen-bond acceptors (Lipinski definition) is 6. The monoisotopic (exact) mass is 456 g/mol. The van der Waals surface area contributed by atoms with Gasteiger partial charge >= 0.3 is 0 Å². The summed E-state index contributed by atoms with van der Waals surface area (Å²) in [5, 5.41) is 2.39. The highest BCUT2D eigenvalue weighted by Gasteiger charge is 2.29. The molecule has 1 N–H and O–H groups in total.